The predicted molar refractivity (Wildman–Crippen MR) is 158 cm³/mol. The van der Waals surface area contributed by atoms with Gasteiger partial charge in [-0.2, -0.15) is 0 Å². The molecule has 40 heavy (non-hydrogen) atoms. The Morgan fingerprint density at radius 3 is 2.50 bits per heavy atom. The molecule has 4 N–H and O–H groups in total. The Hall–Kier alpha value is -0.760. The zero-order valence-corrected chi connectivity index (χ0v) is 26.0. The quantitative estimate of drug-likeness (QED) is 0.252. The van der Waals surface area contributed by atoms with Crippen LogP contribution in [0.15, 0.2) is 23.8 Å². The van der Waals surface area contributed by atoms with Crippen LogP contribution < -0.4 is 0 Å². The van der Waals surface area contributed by atoms with Crippen LogP contribution in [-0.4, -0.2) is 63.8 Å². The number of aliphatic hydroxyl groups is 4. The Morgan fingerprint density at radius 1 is 1.10 bits per heavy atom. The van der Waals surface area contributed by atoms with Crippen molar-refractivity contribution in [1.82, 2.24) is 0 Å². The van der Waals surface area contributed by atoms with Gasteiger partial charge in [-0.05, 0) is 112 Å². The molecule has 6 heteroatoms. The first-order valence-corrected chi connectivity index (χ1v) is 16.1. The second-order valence-corrected chi connectivity index (χ2v) is 14.8. The van der Waals surface area contributed by atoms with Crippen molar-refractivity contribution in [2.75, 3.05) is 6.61 Å². The first-order valence-electron chi connectivity index (χ1n) is 16.1. The monoisotopic (exact) mass is 562 g/mol. The number of hydrogen-bond acceptors (Lipinski definition) is 6. The largest absolute Gasteiger partial charge is 0.396 e. The summed E-state index contributed by atoms with van der Waals surface area (Å²) in [5, 5.41) is 40.8. The molecule has 1 saturated heterocycles. The van der Waals surface area contributed by atoms with E-state index in [1.165, 1.54) is 36.8 Å². The summed E-state index contributed by atoms with van der Waals surface area (Å²) in [7, 11) is 0. The highest BCUT2D eigenvalue weighted by molar-refractivity contribution is 5.22. The summed E-state index contributed by atoms with van der Waals surface area (Å²) in [6, 6.07) is 0. The Balaban J connectivity index is 1.41. The van der Waals surface area contributed by atoms with Gasteiger partial charge in [0, 0.05) is 6.61 Å². The SMILES string of the molecule is C=C(CCC(C)C1CCC(C2CC=C3C[C@@H](O[C@@H]4O[C@@H](C)[C@@H](O)[C@@H](O)[C@@H]4O)CC[C@]3(C)C2)[C@]1(C)CCO)C(C)C. The fraction of sp³-hybridized carbons (Fsp3) is 0.882. The first-order chi connectivity index (χ1) is 18.8. The first kappa shape index (κ1) is 32.2. The molecule has 4 unspecified atom stereocenters. The summed E-state index contributed by atoms with van der Waals surface area (Å²) < 4.78 is 11.9. The second kappa shape index (κ2) is 12.9. The van der Waals surface area contributed by atoms with Gasteiger partial charge in [-0.3, -0.25) is 0 Å². The highest BCUT2D eigenvalue weighted by Gasteiger charge is 2.53. The zero-order valence-electron chi connectivity index (χ0n) is 26.0. The van der Waals surface area contributed by atoms with Crippen LogP contribution in [0.2, 0.25) is 0 Å². The molecule has 1 aliphatic heterocycles. The van der Waals surface area contributed by atoms with Crippen molar-refractivity contribution < 1.29 is 29.9 Å². The fourth-order valence-electron chi connectivity index (χ4n) is 9.01. The summed E-state index contributed by atoms with van der Waals surface area (Å²) in [4.78, 5) is 0. The summed E-state index contributed by atoms with van der Waals surface area (Å²) in [6.07, 6.45) is 7.98. The van der Waals surface area contributed by atoms with E-state index < -0.39 is 30.7 Å². The topological polar surface area (TPSA) is 99.4 Å². The van der Waals surface area contributed by atoms with E-state index in [1.807, 2.05) is 0 Å². The lowest BCUT2D eigenvalue weighted by Gasteiger charge is -2.50. The van der Waals surface area contributed by atoms with Gasteiger partial charge in [0.05, 0.1) is 12.2 Å². The van der Waals surface area contributed by atoms with Crippen molar-refractivity contribution in [1.29, 1.82) is 0 Å². The van der Waals surface area contributed by atoms with Crippen molar-refractivity contribution in [2.24, 2.45) is 40.4 Å². The standard InChI is InChI=1S/C34H58O6/c1-20(2)21(3)8-9-22(4)27-12-13-28(34(27,7)16-17-35)24-10-11-25-18-26(14-15-33(25,6)19-24)40-32-31(38)30(37)29(36)23(5)39-32/h11,20,22-24,26-32,35-38H,3,8-10,12-19H2,1-2,4-7H3/t22?,23-,24?,26-,27?,28?,29+,30+,31-,32-,33+,34+/m0/s1. The average molecular weight is 563 g/mol. The van der Waals surface area contributed by atoms with Crippen LogP contribution in [0.1, 0.15) is 106 Å². The minimum absolute atomic E-state index is 0.0675. The maximum absolute atomic E-state index is 10.4. The molecule has 3 aliphatic carbocycles. The van der Waals surface area contributed by atoms with Gasteiger partial charge < -0.3 is 29.9 Å². The number of allylic oxidation sites excluding steroid dienone is 2. The third kappa shape index (κ3) is 6.43. The van der Waals surface area contributed by atoms with Crippen molar-refractivity contribution in [3.05, 3.63) is 23.8 Å². The van der Waals surface area contributed by atoms with Gasteiger partial charge >= 0.3 is 0 Å². The van der Waals surface area contributed by atoms with Gasteiger partial charge in [0.1, 0.15) is 18.3 Å². The molecule has 2 saturated carbocycles. The van der Waals surface area contributed by atoms with Crippen LogP contribution in [0.25, 0.3) is 0 Å². The predicted octanol–water partition coefficient (Wildman–Crippen LogP) is 5.77. The van der Waals surface area contributed by atoms with Crippen LogP contribution in [0.5, 0.6) is 0 Å². The van der Waals surface area contributed by atoms with E-state index in [-0.39, 0.29) is 23.5 Å². The van der Waals surface area contributed by atoms with Gasteiger partial charge in [0.2, 0.25) is 0 Å². The summed E-state index contributed by atoms with van der Waals surface area (Å²) >= 11 is 0. The van der Waals surface area contributed by atoms with Crippen LogP contribution >= 0.6 is 0 Å². The Bertz CT molecular complexity index is 901. The molecule has 0 aromatic rings. The molecule has 12 atom stereocenters. The third-order valence-corrected chi connectivity index (χ3v) is 11.9. The molecule has 4 aliphatic rings. The minimum Gasteiger partial charge on any atom is -0.396 e. The number of ether oxygens (including phenoxy) is 2. The van der Waals surface area contributed by atoms with E-state index in [1.54, 1.807) is 6.92 Å². The maximum Gasteiger partial charge on any atom is 0.186 e. The maximum atomic E-state index is 10.4. The molecule has 4 rings (SSSR count). The van der Waals surface area contributed by atoms with Gasteiger partial charge in [0.15, 0.2) is 6.29 Å². The van der Waals surface area contributed by atoms with Crippen LogP contribution in [0.3, 0.4) is 0 Å². The molecule has 3 fully saturated rings. The van der Waals surface area contributed by atoms with E-state index in [2.05, 4.69) is 47.3 Å². The number of rotatable bonds is 10. The lowest BCUT2D eigenvalue weighted by molar-refractivity contribution is -0.305. The van der Waals surface area contributed by atoms with E-state index in [0.717, 1.165) is 38.5 Å². The number of hydrogen-bond donors (Lipinski definition) is 4. The Morgan fingerprint density at radius 2 is 1.82 bits per heavy atom. The van der Waals surface area contributed by atoms with Crippen molar-refractivity contribution in [2.45, 2.75) is 143 Å². The van der Waals surface area contributed by atoms with Gasteiger partial charge in [-0.25, -0.2) is 0 Å². The summed E-state index contributed by atoms with van der Waals surface area (Å²) in [5.41, 5.74) is 3.13. The van der Waals surface area contributed by atoms with Crippen LogP contribution in [0, 0.1) is 40.4 Å². The molecule has 0 aromatic heterocycles. The third-order valence-electron chi connectivity index (χ3n) is 11.9. The Labute approximate surface area is 243 Å². The Kier molecular flexibility index (Phi) is 10.3. The number of fused-ring (bicyclic) bond motifs is 1. The molecular weight excluding hydrogens is 504 g/mol. The molecule has 0 aromatic carbocycles. The zero-order chi connectivity index (χ0) is 29.4. The van der Waals surface area contributed by atoms with Gasteiger partial charge in [-0.15, -0.1) is 0 Å². The normalized spacial score (nSPS) is 44.8. The molecular formula is C34H58O6. The van der Waals surface area contributed by atoms with Gasteiger partial charge in [0.25, 0.3) is 0 Å². The fourth-order valence-corrected chi connectivity index (χ4v) is 9.01. The van der Waals surface area contributed by atoms with E-state index in [4.69, 9.17) is 9.47 Å². The van der Waals surface area contributed by atoms with E-state index in [0.29, 0.717) is 29.6 Å². The summed E-state index contributed by atoms with van der Waals surface area (Å²) in [5.74, 6) is 3.08. The van der Waals surface area contributed by atoms with Crippen molar-refractivity contribution in [3.63, 3.8) is 0 Å². The molecule has 6 nitrogen and oxygen atoms in total. The highest BCUT2D eigenvalue weighted by atomic mass is 16.7. The molecule has 0 spiro atoms. The second-order valence-electron chi connectivity index (χ2n) is 14.8. The molecule has 230 valence electrons. The lowest BCUT2D eigenvalue weighted by atomic mass is 9.56. The smallest absolute Gasteiger partial charge is 0.186 e. The van der Waals surface area contributed by atoms with Crippen LogP contribution in [-0.2, 0) is 9.47 Å². The van der Waals surface area contributed by atoms with E-state index in [9.17, 15) is 20.4 Å². The molecule has 0 amide bonds. The van der Waals surface area contributed by atoms with Gasteiger partial charge in [-0.1, -0.05) is 58.4 Å². The van der Waals surface area contributed by atoms with Crippen molar-refractivity contribution >= 4 is 0 Å². The van der Waals surface area contributed by atoms with E-state index >= 15 is 0 Å². The molecule has 0 radical (unpaired) electrons. The summed E-state index contributed by atoms with van der Waals surface area (Å²) in [6.45, 7) is 18.1. The minimum atomic E-state index is -1.27. The number of aliphatic hydroxyl groups excluding tert-OH is 4. The molecule has 0 bridgehead atoms. The lowest BCUT2D eigenvalue weighted by Crippen LogP contribution is -2.58. The average Bonchev–Trinajstić information content (AvgIpc) is 3.25. The molecule has 1 heterocycles. The van der Waals surface area contributed by atoms with Crippen molar-refractivity contribution in [3.8, 4) is 0 Å². The van der Waals surface area contributed by atoms with Crippen LogP contribution in [0.4, 0.5) is 0 Å². The highest BCUT2D eigenvalue weighted by Crippen LogP contribution is 2.61.